The lowest BCUT2D eigenvalue weighted by molar-refractivity contribution is 0.101. The quantitative estimate of drug-likeness (QED) is 0.732. The highest BCUT2D eigenvalue weighted by molar-refractivity contribution is 5.96. The van der Waals surface area contributed by atoms with Crippen LogP contribution in [0.2, 0.25) is 0 Å². The van der Waals surface area contributed by atoms with Crippen molar-refractivity contribution in [3.8, 4) is 0 Å². The Morgan fingerprint density at radius 3 is 3.00 bits per heavy atom. The molecule has 72 valence electrons. The highest BCUT2D eigenvalue weighted by Gasteiger charge is 2.05. The molecule has 4 heteroatoms. The number of aryl methyl sites for hydroxylation is 1. The standard InChI is InChI=1S/C10H11N3O/c1-3-9-12-8-4-7(6(2)14)5-11-10(8)13-9/h4-5H,3H2,1-2H3,(H,11,12,13). The number of pyridine rings is 1. The molecule has 0 atom stereocenters. The Hall–Kier alpha value is -1.71. The maximum absolute atomic E-state index is 11.1. The minimum atomic E-state index is 0.0204. The van der Waals surface area contributed by atoms with E-state index < -0.39 is 0 Å². The Bertz CT molecular complexity index is 487. The van der Waals surface area contributed by atoms with Crippen LogP contribution in [0.25, 0.3) is 11.2 Å². The fourth-order valence-corrected chi connectivity index (χ4v) is 1.31. The van der Waals surface area contributed by atoms with E-state index in [1.54, 1.807) is 12.3 Å². The fourth-order valence-electron chi connectivity index (χ4n) is 1.31. The molecule has 0 bridgehead atoms. The van der Waals surface area contributed by atoms with Gasteiger partial charge in [0, 0.05) is 18.2 Å². The average Bonchev–Trinajstić information content (AvgIpc) is 2.58. The average molecular weight is 189 g/mol. The normalized spacial score (nSPS) is 10.7. The number of carbonyl (C=O) groups excluding carboxylic acids is 1. The van der Waals surface area contributed by atoms with Crippen LogP contribution >= 0.6 is 0 Å². The van der Waals surface area contributed by atoms with Crippen LogP contribution in [0.4, 0.5) is 0 Å². The third-order valence-corrected chi connectivity index (χ3v) is 2.13. The number of imidazole rings is 1. The number of H-pyrrole nitrogens is 1. The summed E-state index contributed by atoms with van der Waals surface area (Å²) in [6.07, 6.45) is 2.40. The van der Waals surface area contributed by atoms with Gasteiger partial charge in [-0.25, -0.2) is 9.97 Å². The molecule has 0 radical (unpaired) electrons. The van der Waals surface area contributed by atoms with Crippen molar-refractivity contribution in [3.05, 3.63) is 23.7 Å². The van der Waals surface area contributed by atoms with Gasteiger partial charge in [0.2, 0.25) is 0 Å². The second-order valence-corrected chi connectivity index (χ2v) is 3.19. The highest BCUT2D eigenvalue weighted by Crippen LogP contribution is 2.11. The van der Waals surface area contributed by atoms with E-state index in [-0.39, 0.29) is 5.78 Å². The second-order valence-electron chi connectivity index (χ2n) is 3.19. The van der Waals surface area contributed by atoms with Gasteiger partial charge in [-0.05, 0) is 13.0 Å². The van der Waals surface area contributed by atoms with Crippen LogP contribution in [-0.2, 0) is 6.42 Å². The molecule has 0 aromatic carbocycles. The van der Waals surface area contributed by atoms with Crippen molar-refractivity contribution in [1.29, 1.82) is 0 Å². The van der Waals surface area contributed by atoms with Crippen molar-refractivity contribution >= 4 is 16.9 Å². The topological polar surface area (TPSA) is 58.6 Å². The Balaban J connectivity index is 2.59. The number of rotatable bonds is 2. The van der Waals surface area contributed by atoms with E-state index in [1.165, 1.54) is 6.92 Å². The number of nitrogens with one attached hydrogen (secondary N) is 1. The first-order valence-electron chi connectivity index (χ1n) is 4.56. The zero-order valence-corrected chi connectivity index (χ0v) is 8.16. The summed E-state index contributed by atoms with van der Waals surface area (Å²) in [5, 5.41) is 0. The maximum Gasteiger partial charge on any atom is 0.177 e. The molecule has 0 aliphatic heterocycles. The number of carbonyl (C=O) groups is 1. The fraction of sp³-hybridized carbons (Fsp3) is 0.300. The zero-order valence-electron chi connectivity index (χ0n) is 8.16. The number of fused-ring (bicyclic) bond motifs is 1. The van der Waals surface area contributed by atoms with E-state index in [2.05, 4.69) is 15.0 Å². The van der Waals surface area contributed by atoms with Gasteiger partial charge in [0.25, 0.3) is 0 Å². The monoisotopic (exact) mass is 189 g/mol. The Morgan fingerprint density at radius 2 is 2.36 bits per heavy atom. The first-order valence-corrected chi connectivity index (χ1v) is 4.56. The first kappa shape index (κ1) is 8.87. The number of hydrogen-bond acceptors (Lipinski definition) is 3. The van der Waals surface area contributed by atoms with Crippen molar-refractivity contribution in [3.63, 3.8) is 0 Å². The lowest BCUT2D eigenvalue weighted by atomic mass is 10.2. The maximum atomic E-state index is 11.1. The summed E-state index contributed by atoms with van der Waals surface area (Å²) in [6.45, 7) is 3.55. The summed E-state index contributed by atoms with van der Waals surface area (Å²) in [5.74, 6) is 0.917. The van der Waals surface area contributed by atoms with Crippen LogP contribution in [0.15, 0.2) is 12.3 Å². The van der Waals surface area contributed by atoms with E-state index in [1.807, 2.05) is 6.92 Å². The largest absolute Gasteiger partial charge is 0.341 e. The van der Waals surface area contributed by atoms with Gasteiger partial charge in [0.1, 0.15) is 5.82 Å². The van der Waals surface area contributed by atoms with Crippen molar-refractivity contribution in [1.82, 2.24) is 15.0 Å². The van der Waals surface area contributed by atoms with E-state index in [4.69, 9.17) is 0 Å². The minimum absolute atomic E-state index is 0.0204. The summed E-state index contributed by atoms with van der Waals surface area (Å²) in [5.41, 5.74) is 2.12. The SMILES string of the molecule is CCc1nc2ncc(C(C)=O)cc2[nH]1. The van der Waals surface area contributed by atoms with Crippen molar-refractivity contribution < 1.29 is 4.79 Å². The van der Waals surface area contributed by atoms with Gasteiger partial charge in [-0.3, -0.25) is 4.79 Å². The highest BCUT2D eigenvalue weighted by atomic mass is 16.1. The smallest absolute Gasteiger partial charge is 0.177 e. The Labute approximate surface area is 81.4 Å². The van der Waals surface area contributed by atoms with Crippen molar-refractivity contribution in [2.75, 3.05) is 0 Å². The molecule has 0 amide bonds. The minimum Gasteiger partial charge on any atom is -0.341 e. The number of hydrogen-bond donors (Lipinski definition) is 1. The second kappa shape index (κ2) is 3.21. The third-order valence-electron chi connectivity index (χ3n) is 2.13. The third kappa shape index (κ3) is 1.39. The predicted octanol–water partition coefficient (Wildman–Crippen LogP) is 1.72. The van der Waals surface area contributed by atoms with Crippen molar-refractivity contribution in [2.45, 2.75) is 20.3 Å². The molecule has 0 saturated carbocycles. The Morgan fingerprint density at radius 1 is 1.57 bits per heavy atom. The lowest BCUT2D eigenvalue weighted by Crippen LogP contribution is -1.92. The van der Waals surface area contributed by atoms with Crippen LogP contribution in [0.3, 0.4) is 0 Å². The lowest BCUT2D eigenvalue weighted by Gasteiger charge is -1.92. The molecule has 14 heavy (non-hydrogen) atoms. The van der Waals surface area contributed by atoms with Crippen LogP contribution < -0.4 is 0 Å². The number of aromatic nitrogens is 3. The van der Waals surface area contributed by atoms with Gasteiger partial charge in [-0.2, -0.15) is 0 Å². The number of nitrogens with zero attached hydrogens (tertiary/aromatic N) is 2. The number of aromatic amines is 1. The van der Waals surface area contributed by atoms with E-state index in [0.29, 0.717) is 11.2 Å². The summed E-state index contributed by atoms with van der Waals surface area (Å²) in [4.78, 5) is 22.6. The summed E-state index contributed by atoms with van der Waals surface area (Å²) in [7, 11) is 0. The molecule has 0 fully saturated rings. The van der Waals surface area contributed by atoms with Crippen LogP contribution in [0, 0.1) is 0 Å². The molecule has 1 N–H and O–H groups in total. The van der Waals surface area contributed by atoms with Gasteiger partial charge < -0.3 is 4.98 Å². The molecule has 0 aliphatic carbocycles. The number of ketones is 1. The molecule has 2 heterocycles. The van der Waals surface area contributed by atoms with E-state index in [9.17, 15) is 4.79 Å². The van der Waals surface area contributed by atoms with Gasteiger partial charge in [0.15, 0.2) is 11.4 Å². The molecule has 4 nitrogen and oxygen atoms in total. The Kier molecular flexibility index (Phi) is 2.04. The van der Waals surface area contributed by atoms with Crippen LogP contribution in [-0.4, -0.2) is 20.7 Å². The summed E-state index contributed by atoms with van der Waals surface area (Å²) in [6, 6.07) is 1.79. The molecular formula is C10H11N3O. The molecule has 2 aromatic rings. The van der Waals surface area contributed by atoms with Gasteiger partial charge >= 0.3 is 0 Å². The molecule has 0 unspecified atom stereocenters. The molecule has 0 saturated heterocycles. The molecular weight excluding hydrogens is 178 g/mol. The van der Waals surface area contributed by atoms with Gasteiger partial charge in [0.05, 0.1) is 5.52 Å². The zero-order chi connectivity index (χ0) is 10.1. The molecule has 2 aromatic heterocycles. The molecule has 0 spiro atoms. The first-order chi connectivity index (χ1) is 6.70. The summed E-state index contributed by atoms with van der Waals surface area (Å²) >= 11 is 0. The van der Waals surface area contributed by atoms with Crippen molar-refractivity contribution in [2.24, 2.45) is 0 Å². The summed E-state index contributed by atoms with van der Waals surface area (Å²) < 4.78 is 0. The van der Waals surface area contributed by atoms with Crippen LogP contribution in [0.5, 0.6) is 0 Å². The predicted molar refractivity (Wildman–Crippen MR) is 53.3 cm³/mol. The van der Waals surface area contributed by atoms with E-state index in [0.717, 1.165) is 17.8 Å². The number of Topliss-reactive ketones (excluding diaryl/α,β-unsaturated/α-hetero) is 1. The van der Waals surface area contributed by atoms with E-state index >= 15 is 0 Å². The molecule has 2 rings (SSSR count). The van der Waals surface area contributed by atoms with Crippen LogP contribution in [0.1, 0.15) is 30.0 Å². The van der Waals surface area contributed by atoms with Gasteiger partial charge in [-0.1, -0.05) is 6.92 Å². The molecule has 0 aliphatic rings. The van der Waals surface area contributed by atoms with Gasteiger partial charge in [-0.15, -0.1) is 0 Å².